The van der Waals surface area contributed by atoms with Crippen LogP contribution in [0.2, 0.25) is 0 Å². The van der Waals surface area contributed by atoms with E-state index in [1.807, 2.05) is 6.92 Å². The van der Waals surface area contributed by atoms with Crippen LogP contribution >= 0.6 is 0 Å². The molecule has 0 spiro atoms. The number of nitrogens with zero attached hydrogens (tertiary/aromatic N) is 2. The molecular formula is C20H23FN4O3. The van der Waals surface area contributed by atoms with Crippen molar-refractivity contribution in [1.82, 2.24) is 4.90 Å². The number of nitrogens with one attached hydrogen (secondary N) is 1. The molecule has 148 valence electrons. The van der Waals surface area contributed by atoms with Gasteiger partial charge in [-0.25, -0.2) is 4.39 Å². The molecule has 7 nitrogen and oxygen atoms in total. The fourth-order valence-electron chi connectivity index (χ4n) is 3.49. The van der Waals surface area contributed by atoms with Gasteiger partial charge < -0.3 is 25.4 Å². The van der Waals surface area contributed by atoms with Gasteiger partial charge in [-0.05, 0) is 31.2 Å². The summed E-state index contributed by atoms with van der Waals surface area (Å²) in [5, 5.41) is 2.89. The van der Waals surface area contributed by atoms with Gasteiger partial charge in [-0.3, -0.25) is 9.69 Å². The average Bonchev–Trinajstić information content (AvgIpc) is 3.15. The zero-order chi connectivity index (χ0) is 19.7. The maximum atomic E-state index is 13.1. The van der Waals surface area contributed by atoms with Gasteiger partial charge >= 0.3 is 0 Å². The normalized spacial score (nSPS) is 17.4. The first-order chi connectivity index (χ1) is 13.5. The second-order valence-electron chi connectivity index (χ2n) is 6.96. The number of benzene rings is 2. The van der Waals surface area contributed by atoms with Gasteiger partial charge in [0.2, 0.25) is 12.7 Å². The molecule has 1 unspecified atom stereocenters. The number of piperazine rings is 1. The predicted octanol–water partition coefficient (Wildman–Crippen LogP) is 2.29. The predicted molar refractivity (Wildman–Crippen MR) is 105 cm³/mol. The van der Waals surface area contributed by atoms with E-state index in [0.717, 1.165) is 31.9 Å². The molecule has 2 aliphatic heterocycles. The molecule has 28 heavy (non-hydrogen) atoms. The number of nitrogen functional groups attached to an aromatic ring is 1. The second kappa shape index (κ2) is 7.55. The topological polar surface area (TPSA) is 80.1 Å². The van der Waals surface area contributed by atoms with E-state index in [2.05, 4.69) is 15.1 Å². The number of fused-ring (bicyclic) bond motifs is 1. The molecular weight excluding hydrogens is 363 g/mol. The Bertz CT molecular complexity index is 866. The number of halogens is 1. The number of ether oxygens (including phenoxy) is 2. The van der Waals surface area contributed by atoms with E-state index in [4.69, 9.17) is 15.2 Å². The highest BCUT2D eigenvalue weighted by Gasteiger charge is 2.27. The van der Waals surface area contributed by atoms with E-state index in [-0.39, 0.29) is 24.6 Å². The third kappa shape index (κ3) is 3.68. The summed E-state index contributed by atoms with van der Waals surface area (Å²) in [5.41, 5.74) is 7.96. The number of rotatable bonds is 4. The Morgan fingerprint density at radius 3 is 2.43 bits per heavy atom. The fraction of sp³-hybridized carbons (Fsp3) is 0.350. The van der Waals surface area contributed by atoms with Crippen LogP contribution in [0.5, 0.6) is 11.5 Å². The van der Waals surface area contributed by atoms with Crippen molar-refractivity contribution in [2.24, 2.45) is 0 Å². The summed E-state index contributed by atoms with van der Waals surface area (Å²) in [6, 6.07) is 9.53. The quantitative estimate of drug-likeness (QED) is 0.785. The van der Waals surface area contributed by atoms with E-state index in [1.165, 1.54) is 12.1 Å². The van der Waals surface area contributed by atoms with Crippen LogP contribution in [-0.4, -0.2) is 49.8 Å². The number of nitrogens with two attached hydrogens (primary N) is 1. The molecule has 0 aromatic heterocycles. The fourth-order valence-corrected chi connectivity index (χ4v) is 3.49. The van der Waals surface area contributed by atoms with E-state index in [1.54, 1.807) is 24.3 Å². The summed E-state index contributed by atoms with van der Waals surface area (Å²) >= 11 is 0. The summed E-state index contributed by atoms with van der Waals surface area (Å²) in [4.78, 5) is 17.0. The van der Waals surface area contributed by atoms with Crippen LogP contribution in [0.1, 0.15) is 6.92 Å². The number of anilines is 3. The van der Waals surface area contributed by atoms with Crippen LogP contribution in [0, 0.1) is 5.82 Å². The monoisotopic (exact) mass is 386 g/mol. The molecule has 2 aromatic rings. The van der Waals surface area contributed by atoms with Crippen LogP contribution < -0.4 is 25.4 Å². The first kappa shape index (κ1) is 18.4. The highest BCUT2D eigenvalue weighted by atomic mass is 19.1. The lowest BCUT2D eigenvalue weighted by atomic mass is 10.1. The summed E-state index contributed by atoms with van der Waals surface area (Å²) in [6.45, 7) is 5.06. The molecule has 1 atom stereocenters. The minimum absolute atomic E-state index is 0.124. The molecule has 0 bridgehead atoms. The number of amides is 1. The van der Waals surface area contributed by atoms with Crippen molar-refractivity contribution < 1.29 is 18.7 Å². The second-order valence-corrected chi connectivity index (χ2v) is 6.96. The summed E-state index contributed by atoms with van der Waals surface area (Å²) < 4.78 is 23.7. The van der Waals surface area contributed by atoms with Gasteiger partial charge in [-0.1, -0.05) is 0 Å². The van der Waals surface area contributed by atoms with Crippen LogP contribution in [-0.2, 0) is 4.79 Å². The van der Waals surface area contributed by atoms with Gasteiger partial charge in [0.05, 0.1) is 17.4 Å². The molecule has 8 heteroatoms. The average molecular weight is 386 g/mol. The minimum atomic E-state index is -0.305. The first-order valence-electron chi connectivity index (χ1n) is 9.26. The Balaban J connectivity index is 1.35. The molecule has 1 fully saturated rings. The van der Waals surface area contributed by atoms with E-state index in [0.29, 0.717) is 22.9 Å². The van der Waals surface area contributed by atoms with Crippen molar-refractivity contribution in [2.45, 2.75) is 13.0 Å². The molecule has 3 N–H and O–H groups in total. The van der Waals surface area contributed by atoms with Crippen molar-refractivity contribution in [2.75, 3.05) is 48.9 Å². The van der Waals surface area contributed by atoms with Gasteiger partial charge in [-0.2, -0.15) is 0 Å². The smallest absolute Gasteiger partial charge is 0.241 e. The molecule has 2 aromatic carbocycles. The maximum Gasteiger partial charge on any atom is 0.241 e. The van der Waals surface area contributed by atoms with E-state index < -0.39 is 0 Å². The van der Waals surface area contributed by atoms with Gasteiger partial charge in [-0.15, -0.1) is 0 Å². The summed E-state index contributed by atoms with van der Waals surface area (Å²) in [6.07, 6.45) is 0. The van der Waals surface area contributed by atoms with Crippen LogP contribution in [0.3, 0.4) is 0 Å². The van der Waals surface area contributed by atoms with Crippen molar-refractivity contribution in [3.05, 3.63) is 42.2 Å². The minimum Gasteiger partial charge on any atom is -0.454 e. The molecule has 0 radical (unpaired) electrons. The van der Waals surface area contributed by atoms with Crippen LogP contribution in [0.4, 0.5) is 21.5 Å². The number of carbonyl (C=O) groups is 1. The van der Waals surface area contributed by atoms with Gasteiger partial charge in [0, 0.05) is 44.0 Å². The highest BCUT2D eigenvalue weighted by Crippen LogP contribution is 2.38. The molecule has 0 aliphatic carbocycles. The zero-order valence-corrected chi connectivity index (χ0v) is 15.7. The van der Waals surface area contributed by atoms with Gasteiger partial charge in [0.1, 0.15) is 5.82 Å². The summed E-state index contributed by atoms with van der Waals surface area (Å²) in [7, 11) is 0. The lowest BCUT2D eigenvalue weighted by Crippen LogP contribution is -2.52. The van der Waals surface area contributed by atoms with E-state index >= 15 is 0 Å². The largest absolute Gasteiger partial charge is 0.454 e. The molecule has 1 amide bonds. The Morgan fingerprint density at radius 1 is 1.11 bits per heavy atom. The highest BCUT2D eigenvalue weighted by molar-refractivity contribution is 5.97. The molecule has 0 saturated carbocycles. The standard InChI is InChI=1S/C20H23FN4O3/c1-13(20(26)23-17-11-19-18(10-16(17)22)27-12-28-19)24-6-8-25(9-7-24)15-4-2-14(21)3-5-15/h2-5,10-11,13H,6-9,12,22H2,1H3,(H,23,26). The Kier molecular flexibility index (Phi) is 4.95. The Labute approximate surface area is 162 Å². The molecule has 1 saturated heterocycles. The SMILES string of the molecule is CC(C(=O)Nc1cc2c(cc1N)OCO2)N1CCN(c2ccc(F)cc2)CC1. The van der Waals surface area contributed by atoms with Gasteiger partial charge in [0.25, 0.3) is 0 Å². The Hall–Kier alpha value is -3.00. The van der Waals surface area contributed by atoms with Crippen molar-refractivity contribution in [1.29, 1.82) is 0 Å². The zero-order valence-electron chi connectivity index (χ0n) is 15.7. The van der Waals surface area contributed by atoms with Crippen molar-refractivity contribution >= 4 is 23.0 Å². The van der Waals surface area contributed by atoms with Crippen molar-refractivity contribution in [3.63, 3.8) is 0 Å². The van der Waals surface area contributed by atoms with Crippen LogP contribution in [0.15, 0.2) is 36.4 Å². The van der Waals surface area contributed by atoms with E-state index in [9.17, 15) is 9.18 Å². The molecule has 2 aliphatic rings. The third-order valence-corrected chi connectivity index (χ3v) is 5.24. The molecule has 4 rings (SSSR count). The van der Waals surface area contributed by atoms with Gasteiger partial charge in [0.15, 0.2) is 11.5 Å². The molecule has 2 heterocycles. The van der Waals surface area contributed by atoms with Crippen LogP contribution in [0.25, 0.3) is 0 Å². The third-order valence-electron chi connectivity index (χ3n) is 5.24. The maximum absolute atomic E-state index is 13.1. The summed E-state index contributed by atoms with van der Waals surface area (Å²) in [5.74, 6) is 0.793. The van der Waals surface area contributed by atoms with Crippen molar-refractivity contribution in [3.8, 4) is 11.5 Å². The number of hydrogen-bond acceptors (Lipinski definition) is 6. The number of carbonyl (C=O) groups excluding carboxylic acids is 1. The first-order valence-corrected chi connectivity index (χ1v) is 9.26. The number of hydrogen-bond donors (Lipinski definition) is 2. The Morgan fingerprint density at radius 2 is 1.75 bits per heavy atom. The lowest BCUT2D eigenvalue weighted by Gasteiger charge is -2.38. The lowest BCUT2D eigenvalue weighted by molar-refractivity contribution is -0.120.